The van der Waals surface area contributed by atoms with Crippen molar-refractivity contribution in [3.05, 3.63) is 35.7 Å². The summed E-state index contributed by atoms with van der Waals surface area (Å²) in [4.78, 5) is 12.1. The number of methoxy groups -OCH3 is 1. The Bertz CT molecular complexity index is 700. The third kappa shape index (κ3) is 5.77. The van der Waals surface area contributed by atoms with Gasteiger partial charge in [0.1, 0.15) is 5.75 Å². The van der Waals surface area contributed by atoms with Crippen LogP contribution >= 0.6 is 11.8 Å². The summed E-state index contributed by atoms with van der Waals surface area (Å²) in [7, 11) is 3.57. The minimum absolute atomic E-state index is 0.00899. The number of ether oxygens (including phenoxy) is 1. The monoisotopic (exact) mass is 362 g/mol. The molecule has 0 atom stereocenters. The molecule has 1 amide bonds. The molecule has 0 aliphatic carbocycles. The number of hydrogen-bond acceptors (Lipinski definition) is 5. The molecule has 1 aromatic heterocycles. The number of carbonyl (C=O) groups is 1. The molecular weight excluding hydrogens is 336 g/mol. The molecule has 6 nitrogen and oxygen atoms in total. The Kier molecular flexibility index (Phi) is 7.31. The van der Waals surface area contributed by atoms with Crippen molar-refractivity contribution in [2.45, 2.75) is 38.4 Å². The van der Waals surface area contributed by atoms with Gasteiger partial charge in [0.05, 0.1) is 13.7 Å². The van der Waals surface area contributed by atoms with Crippen LogP contribution in [0.3, 0.4) is 0 Å². The summed E-state index contributed by atoms with van der Waals surface area (Å²) in [5, 5.41) is 12.2. The highest BCUT2D eigenvalue weighted by atomic mass is 32.2. The average molecular weight is 362 g/mol. The van der Waals surface area contributed by atoms with E-state index in [1.54, 1.807) is 18.9 Å². The van der Waals surface area contributed by atoms with Crippen molar-refractivity contribution in [3.8, 4) is 5.75 Å². The molecule has 1 N–H and O–H groups in total. The second-order valence-corrected chi connectivity index (χ2v) is 7.24. The highest BCUT2D eigenvalue weighted by Crippen LogP contribution is 2.19. The van der Waals surface area contributed by atoms with Gasteiger partial charge < -0.3 is 14.6 Å². The van der Waals surface area contributed by atoms with E-state index >= 15 is 0 Å². The smallest absolute Gasteiger partial charge is 0.220 e. The fraction of sp³-hybridized carbons (Fsp3) is 0.500. The van der Waals surface area contributed by atoms with E-state index in [0.717, 1.165) is 28.0 Å². The number of hydrogen-bond donors (Lipinski definition) is 1. The molecule has 0 fully saturated rings. The zero-order chi connectivity index (χ0) is 18.2. The quantitative estimate of drug-likeness (QED) is 0.695. The van der Waals surface area contributed by atoms with Crippen molar-refractivity contribution in [2.75, 3.05) is 12.9 Å². The zero-order valence-electron chi connectivity index (χ0n) is 15.3. The molecule has 0 saturated carbocycles. The number of nitrogens with zero attached hydrogens (tertiary/aromatic N) is 3. The number of thioether (sulfide) groups is 1. The van der Waals surface area contributed by atoms with E-state index in [2.05, 4.69) is 29.4 Å². The second kappa shape index (κ2) is 9.46. The molecule has 0 aliphatic heterocycles. The molecule has 0 unspecified atom stereocenters. The Hall–Kier alpha value is -2.02. The fourth-order valence-corrected chi connectivity index (χ4v) is 3.17. The molecule has 0 bridgehead atoms. The van der Waals surface area contributed by atoms with Crippen molar-refractivity contribution < 1.29 is 9.53 Å². The van der Waals surface area contributed by atoms with Crippen LogP contribution in [0.25, 0.3) is 0 Å². The maximum Gasteiger partial charge on any atom is 0.220 e. The number of aromatic nitrogens is 3. The predicted octanol–water partition coefficient (Wildman–Crippen LogP) is 2.82. The van der Waals surface area contributed by atoms with Crippen LogP contribution in [-0.4, -0.2) is 33.5 Å². The van der Waals surface area contributed by atoms with E-state index < -0.39 is 0 Å². The van der Waals surface area contributed by atoms with Gasteiger partial charge in [-0.3, -0.25) is 4.79 Å². The van der Waals surface area contributed by atoms with E-state index in [9.17, 15) is 4.79 Å². The first kappa shape index (κ1) is 19.3. The molecule has 0 saturated heterocycles. The third-order valence-corrected chi connectivity index (χ3v) is 5.18. The summed E-state index contributed by atoms with van der Waals surface area (Å²) in [5.74, 6) is 3.16. The Morgan fingerprint density at radius 2 is 2.08 bits per heavy atom. The van der Waals surface area contributed by atoms with Gasteiger partial charge >= 0.3 is 0 Å². The van der Waals surface area contributed by atoms with Crippen LogP contribution in [0.5, 0.6) is 5.75 Å². The summed E-state index contributed by atoms with van der Waals surface area (Å²) < 4.78 is 7.25. The van der Waals surface area contributed by atoms with Crippen molar-refractivity contribution >= 4 is 17.7 Å². The minimum atomic E-state index is -0.00899. The highest BCUT2D eigenvalue weighted by Gasteiger charge is 2.11. The molecule has 2 rings (SSSR count). The first-order valence-corrected chi connectivity index (χ1v) is 9.39. The molecule has 0 radical (unpaired) electrons. The van der Waals surface area contributed by atoms with Gasteiger partial charge in [0.15, 0.2) is 11.0 Å². The second-order valence-electron chi connectivity index (χ2n) is 6.25. The fourth-order valence-electron chi connectivity index (χ4n) is 2.29. The Labute approximate surface area is 153 Å². The molecule has 0 aliphatic rings. The lowest BCUT2D eigenvalue weighted by Gasteiger charge is -2.09. The summed E-state index contributed by atoms with van der Waals surface area (Å²) in [6, 6.07) is 7.76. The minimum Gasteiger partial charge on any atom is -0.496 e. The molecule has 25 heavy (non-hydrogen) atoms. The number of benzene rings is 1. The molecule has 2 aromatic rings. The summed E-state index contributed by atoms with van der Waals surface area (Å²) in [6.45, 7) is 4.73. The van der Waals surface area contributed by atoms with Crippen molar-refractivity contribution in [1.29, 1.82) is 0 Å². The normalized spacial score (nSPS) is 10.9. The lowest BCUT2D eigenvalue weighted by atomic mass is 10.1. The van der Waals surface area contributed by atoms with Crippen LogP contribution in [0, 0.1) is 5.92 Å². The number of rotatable bonds is 9. The summed E-state index contributed by atoms with van der Waals surface area (Å²) in [6.07, 6.45) is 1.05. The highest BCUT2D eigenvalue weighted by molar-refractivity contribution is 7.99. The van der Waals surface area contributed by atoms with Crippen LogP contribution in [-0.2, 0) is 24.8 Å². The van der Waals surface area contributed by atoms with Gasteiger partial charge in [-0.1, -0.05) is 43.8 Å². The lowest BCUT2D eigenvalue weighted by Crippen LogP contribution is -2.24. The number of amides is 1. The number of carbonyl (C=O) groups excluding carboxylic acids is 1. The van der Waals surface area contributed by atoms with Gasteiger partial charge in [0.2, 0.25) is 5.91 Å². The summed E-state index contributed by atoms with van der Waals surface area (Å²) >= 11 is 1.68. The Balaban J connectivity index is 1.82. The SMILES string of the molecule is COc1ccccc1CCC(=O)NCc1nnc(SCC(C)C)n1C. The molecular formula is C18H26N4O2S. The Morgan fingerprint density at radius 1 is 1.32 bits per heavy atom. The van der Waals surface area contributed by atoms with Crippen LogP contribution < -0.4 is 10.1 Å². The van der Waals surface area contributed by atoms with Gasteiger partial charge in [0, 0.05) is 19.2 Å². The maximum atomic E-state index is 12.1. The first-order valence-electron chi connectivity index (χ1n) is 8.41. The average Bonchev–Trinajstić information content (AvgIpc) is 2.96. The largest absolute Gasteiger partial charge is 0.496 e. The van der Waals surface area contributed by atoms with Gasteiger partial charge in [-0.25, -0.2) is 0 Å². The lowest BCUT2D eigenvalue weighted by molar-refractivity contribution is -0.121. The van der Waals surface area contributed by atoms with E-state index in [-0.39, 0.29) is 5.91 Å². The summed E-state index contributed by atoms with van der Waals surface area (Å²) in [5.41, 5.74) is 1.03. The molecule has 7 heteroatoms. The van der Waals surface area contributed by atoms with E-state index in [1.807, 2.05) is 35.9 Å². The molecule has 0 spiro atoms. The van der Waals surface area contributed by atoms with E-state index in [1.165, 1.54) is 0 Å². The van der Waals surface area contributed by atoms with Crippen LogP contribution in [0.15, 0.2) is 29.4 Å². The van der Waals surface area contributed by atoms with Gasteiger partial charge in [-0.05, 0) is 24.0 Å². The Morgan fingerprint density at radius 3 is 2.80 bits per heavy atom. The standard InChI is InChI=1S/C18H26N4O2S/c1-13(2)12-25-18-21-20-16(22(18)3)11-19-17(23)10-9-14-7-5-6-8-15(14)24-4/h5-8,13H,9-12H2,1-4H3,(H,19,23). The number of nitrogens with one attached hydrogen (secondary N) is 1. The number of aryl methyl sites for hydroxylation is 1. The van der Waals surface area contributed by atoms with E-state index in [0.29, 0.717) is 25.3 Å². The molecule has 136 valence electrons. The maximum absolute atomic E-state index is 12.1. The van der Waals surface area contributed by atoms with Gasteiger partial charge in [0.25, 0.3) is 0 Å². The van der Waals surface area contributed by atoms with Crippen LogP contribution in [0.2, 0.25) is 0 Å². The van der Waals surface area contributed by atoms with Crippen molar-refractivity contribution in [3.63, 3.8) is 0 Å². The molecule has 1 aromatic carbocycles. The molecule has 1 heterocycles. The third-order valence-electron chi connectivity index (χ3n) is 3.73. The topological polar surface area (TPSA) is 69.0 Å². The van der Waals surface area contributed by atoms with Crippen LogP contribution in [0.4, 0.5) is 0 Å². The van der Waals surface area contributed by atoms with Gasteiger partial charge in [-0.2, -0.15) is 0 Å². The van der Waals surface area contributed by atoms with Gasteiger partial charge in [-0.15, -0.1) is 10.2 Å². The predicted molar refractivity (Wildman–Crippen MR) is 99.7 cm³/mol. The van der Waals surface area contributed by atoms with E-state index in [4.69, 9.17) is 4.74 Å². The zero-order valence-corrected chi connectivity index (χ0v) is 16.1. The van der Waals surface area contributed by atoms with Crippen molar-refractivity contribution in [2.24, 2.45) is 13.0 Å². The number of para-hydroxylation sites is 1. The van der Waals surface area contributed by atoms with Crippen LogP contribution in [0.1, 0.15) is 31.7 Å². The first-order chi connectivity index (χ1) is 12.0. The van der Waals surface area contributed by atoms with Crippen molar-refractivity contribution in [1.82, 2.24) is 20.1 Å².